The van der Waals surface area contributed by atoms with Crippen molar-refractivity contribution in [2.24, 2.45) is 0 Å². The zero-order valence-corrected chi connectivity index (χ0v) is 6.69. The van der Waals surface area contributed by atoms with Crippen LogP contribution in [0.5, 0.6) is 0 Å². The van der Waals surface area contributed by atoms with Gasteiger partial charge >= 0.3 is 0 Å². The molecule has 0 saturated carbocycles. The van der Waals surface area contributed by atoms with Crippen LogP contribution in [0.15, 0.2) is 12.2 Å². The van der Waals surface area contributed by atoms with E-state index in [0.29, 0.717) is 13.0 Å². The van der Waals surface area contributed by atoms with Gasteiger partial charge in [0.2, 0.25) is 0 Å². The Morgan fingerprint density at radius 1 is 1.50 bits per heavy atom. The third-order valence-electron chi connectivity index (χ3n) is 1.50. The van der Waals surface area contributed by atoms with E-state index in [0.717, 1.165) is 0 Å². The van der Waals surface area contributed by atoms with Crippen molar-refractivity contribution in [3.8, 4) is 0 Å². The van der Waals surface area contributed by atoms with Crippen molar-refractivity contribution in [1.82, 2.24) is 5.32 Å². The van der Waals surface area contributed by atoms with E-state index in [1.165, 1.54) is 6.26 Å². The van der Waals surface area contributed by atoms with Crippen molar-refractivity contribution < 1.29 is 8.42 Å². The molecule has 0 bridgehead atoms. The first-order valence-corrected chi connectivity index (χ1v) is 5.13. The molecule has 1 heterocycles. The van der Waals surface area contributed by atoms with Gasteiger partial charge in [-0.05, 0) is 6.42 Å². The highest BCUT2D eigenvalue weighted by Gasteiger charge is 2.19. The Balaban J connectivity index is 2.67. The molecule has 1 unspecified atom stereocenters. The van der Waals surface area contributed by atoms with Gasteiger partial charge in [0.05, 0.1) is 0 Å². The normalized spacial score (nSPS) is 26.7. The fraction of sp³-hybridized carbons (Fsp3) is 0.667. The summed E-state index contributed by atoms with van der Waals surface area (Å²) in [5.41, 5.74) is 0. The Hall–Kier alpha value is -0.350. The van der Waals surface area contributed by atoms with Crippen molar-refractivity contribution in [1.29, 1.82) is 0 Å². The molecule has 0 saturated heterocycles. The highest BCUT2D eigenvalue weighted by atomic mass is 32.2. The second-order valence-corrected chi connectivity index (χ2v) is 4.66. The van der Waals surface area contributed by atoms with Crippen molar-refractivity contribution in [3.63, 3.8) is 0 Å². The maximum Gasteiger partial charge on any atom is 0.163 e. The number of hydrogen-bond acceptors (Lipinski definition) is 3. The summed E-state index contributed by atoms with van der Waals surface area (Å²) in [5.74, 6) is 0. The molecule has 0 fully saturated rings. The maximum absolute atomic E-state index is 10.9. The monoisotopic (exact) mass is 161 g/mol. The Labute approximate surface area is 61.0 Å². The van der Waals surface area contributed by atoms with Gasteiger partial charge in [0.1, 0.15) is 5.37 Å². The summed E-state index contributed by atoms with van der Waals surface area (Å²) in [7, 11) is -2.89. The first-order valence-electron chi connectivity index (χ1n) is 3.18. The maximum atomic E-state index is 10.9. The van der Waals surface area contributed by atoms with E-state index in [4.69, 9.17) is 0 Å². The summed E-state index contributed by atoms with van der Waals surface area (Å²) >= 11 is 0. The number of rotatable bonds is 1. The van der Waals surface area contributed by atoms with E-state index >= 15 is 0 Å². The molecule has 0 radical (unpaired) electrons. The number of nitrogens with one attached hydrogen (secondary N) is 1. The van der Waals surface area contributed by atoms with Crippen LogP contribution >= 0.6 is 0 Å². The van der Waals surface area contributed by atoms with Gasteiger partial charge in [-0.1, -0.05) is 12.2 Å². The molecule has 0 aromatic heterocycles. The average molecular weight is 161 g/mol. The van der Waals surface area contributed by atoms with Gasteiger partial charge in [-0.3, -0.25) is 5.32 Å². The number of hydrogen-bond donors (Lipinski definition) is 1. The van der Waals surface area contributed by atoms with E-state index in [1.54, 1.807) is 0 Å². The Kier molecular flexibility index (Phi) is 2.11. The van der Waals surface area contributed by atoms with Gasteiger partial charge in [0.25, 0.3) is 0 Å². The molecule has 1 rings (SSSR count). The van der Waals surface area contributed by atoms with Crippen LogP contribution in [0.3, 0.4) is 0 Å². The first kappa shape index (κ1) is 7.75. The van der Waals surface area contributed by atoms with Gasteiger partial charge in [0.15, 0.2) is 9.84 Å². The SMILES string of the molecule is CS(=O)(=O)C1CC=CCN1. The molecule has 1 aliphatic rings. The largest absolute Gasteiger partial charge is 0.297 e. The lowest BCUT2D eigenvalue weighted by molar-refractivity contribution is 0.558. The third-order valence-corrected chi connectivity index (χ3v) is 2.89. The molecule has 0 aliphatic carbocycles. The van der Waals surface area contributed by atoms with Gasteiger partial charge in [-0.25, -0.2) is 8.42 Å². The summed E-state index contributed by atoms with van der Waals surface area (Å²) in [6.45, 7) is 0.664. The molecule has 1 N–H and O–H groups in total. The molecule has 0 amide bonds. The standard InChI is InChI=1S/C6H11NO2S/c1-10(8,9)6-4-2-3-5-7-6/h2-3,6-7H,4-5H2,1H3. The fourth-order valence-corrected chi connectivity index (χ4v) is 1.77. The van der Waals surface area contributed by atoms with E-state index < -0.39 is 9.84 Å². The zero-order valence-electron chi connectivity index (χ0n) is 5.87. The van der Waals surface area contributed by atoms with Crippen molar-refractivity contribution in [2.45, 2.75) is 11.8 Å². The van der Waals surface area contributed by atoms with Gasteiger partial charge < -0.3 is 0 Å². The van der Waals surface area contributed by atoms with Crippen molar-refractivity contribution >= 4 is 9.84 Å². The molecule has 58 valence electrons. The minimum absolute atomic E-state index is 0.363. The van der Waals surface area contributed by atoms with Gasteiger partial charge in [-0.2, -0.15) is 0 Å². The topological polar surface area (TPSA) is 46.2 Å². The average Bonchev–Trinajstić information content (AvgIpc) is 1.88. The predicted molar refractivity (Wildman–Crippen MR) is 40.4 cm³/mol. The molecular formula is C6H11NO2S. The fourth-order valence-electron chi connectivity index (χ4n) is 0.912. The quantitative estimate of drug-likeness (QED) is 0.546. The minimum atomic E-state index is -2.89. The Bertz CT molecular complexity index is 230. The van der Waals surface area contributed by atoms with Crippen LogP contribution in [0.2, 0.25) is 0 Å². The molecule has 0 aromatic rings. The molecule has 0 aromatic carbocycles. The van der Waals surface area contributed by atoms with E-state index in [1.807, 2.05) is 12.2 Å². The lowest BCUT2D eigenvalue weighted by atomic mass is 10.3. The molecular weight excluding hydrogens is 150 g/mol. The molecule has 0 spiro atoms. The van der Waals surface area contributed by atoms with Gasteiger partial charge in [0, 0.05) is 12.8 Å². The highest BCUT2D eigenvalue weighted by Crippen LogP contribution is 2.04. The van der Waals surface area contributed by atoms with Crippen LogP contribution < -0.4 is 5.32 Å². The van der Waals surface area contributed by atoms with Crippen LogP contribution in [-0.4, -0.2) is 26.6 Å². The van der Waals surface area contributed by atoms with Crippen LogP contribution in [0, 0.1) is 0 Å². The Morgan fingerprint density at radius 3 is 2.50 bits per heavy atom. The lowest BCUT2D eigenvalue weighted by Crippen LogP contribution is -2.37. The van der Waals surface area contributed by atoms with Crippen LogP contribution in [-0.2, 0) is 9.84 Å². The third kappa shape index (κ3) is 1.82. The second-order valence-electron chi connectivity index (χ2n) is 2.43. The molecule has 4 heteroatoms. The van der Waals surface area contributed by atoms with Gasteiger partial charge in [-0.15, -0.1) is 0 Å². The smallest absolute Gasteiger partial charge is 0.163 e. The number of sulfone groups is 1. The Morgan fingerprint density at radius 2 is 2.20 bits per heavy atom. The van der Waals surface area contributed by atoms with Crippen molar-refractivity contribution in [2.75, 3.05) is 12.8 Å². The first-order chi connectivity index (χ1) is 4.61. The minimum Gasteiger partial charge on any atom is -0.297 e. The molecule has 1 aliphatic heterocycles. The van der Waals surface area contributed by atoms with E-state index in [9.17, 15) is 8.42 Å². The summed E-state index contributed by atoms with van der Waals surface area (Å²) in [6.07, 6.45) is 5.67. The van der Waals surface area contributed by atoms with Crippen LogP contribution in [0.25, 0.3) is 0 Å². The van der Waals surface area contributed by atoms with Crippen LogP contribution in [0.4, 0.5) is 0 Å². The summed E-state index contributed by atoms with van der Waals surface area (Å²) in [6, 6.07) is 0. The summed E-state index contributed by atoms with van der Waals surface area (Å²) < 4.78 is 21.8. The van der Waals surface area contributed by atoms with E-state index in [2.05, 4.69) is 5.32 Å². The summed E-state index contributed by atoms with van der Waals surface area (Å²) in [4.78, 5) is 0. The second kappa shape index (κ2) is 2.72. The van der Waals surface area contributed by atoms with Crippen LogP contribution in [0.1, 0.15) is 6.42 Å². The zero-order chi connectivity index (χ0) is 7.61. The van der Waals surface area contributed by atoms with E-state index in [-0.39, 0.29) is 5.37 Å². The molecule has 1 atom stereocenters. The molecule has 10 heavy (non-hydrogen) atoms. The predicted octanol–water partition coefficient (Wildman–Crippen LogP) is -0.0934. The van der Waals surface area contributed by atoms with Crippen molar-refractivity contribution in [3.05, 3.63) is 12.2 Å². The lowest BCUT2D eigenvalue weighted by Gasteiger charge is -2.16. The molecule has 3 nitrogen and oxygen atoms in total. The highest BCUT2D eigenvalue weighted by molar-refractivity contribution is 7.91. The summed E-state index contributed by atoms with van der Waals surface area (Å²) in [5, 5.41) is 2.52.